The van der Waals surface area contributed by atoms with Gasteiger partial charge in [-0.25, -0.2) is 0 Å². The molecule has 0 spiro atoms. The molecule has 1 aliphatic rings. The fourth-order valence-electron chi connectivity index (χ4n) is 2.35. The second-order valence-electron chi connectivity index (χ2n) is 4.05. The van der Waals surface area contributed by atoms with Gasteiger partial charge in [0.05, 0.1) is 0 Å². The van der Waals surface area contributed by atoms with Gasteiger partial charge < -0.3 is 10.4 Å². The summed E-state index contributed by atoms with van der Waals surface area (Å²) >= 11 is 0. The summed E-state index contributed by atoms with van der Waals surface area (Å²) in [7, 11) is 0. The second-order valence-corrected chi connectivity index (χ2v) is 4.05. The lowest BCUT2D eigenvalue weighted by Gasteiger charge is -2.27. The van der Waals surface area contributed by atoms with E-state index in [2.05, 4.69) is 29.6 Å². The van der Waals surface area contributed by atoms with Gasteiger partial charge in [-0.15, -0.1) is 12.4 Å². The summed E-state index contributed by atoms with van der Waals surface area (Å²) in [5, 5.41) is 12.5. The van der Waals surface area contributed by atoms with Gasteiger partial charge in [0.1, 0.15) is 0 Å². The Balaban J connectivity index is 0.00000112. The Hall–Kier alpha value is -0.570. The Morgan fingerprint density at radius 2 is 2.00 bits per heavy atom. The van der Waals surface area contributed by atoms with E-state index in [0.29, 0.717) is 0 Å². The Kier molecular flexibility index (Phi) is 4.58. The Morgan fingerprint density at radius 1 is 1.27 bits per heavy atom. The van der Waals surface area contributed by atoms with Crippen LogP contribution in [-0.4, -0.2) is 24.8 Å². The fraction of sp³-hybridized carbons (Fsp3) is 0.500. The Labute approximate surface area is 97.1 Å². The monoisotopic (exact) mass is 227 g/mol. The van der Waals surface area contributed by atoms with E-state index >= 15 is 0 Å². The number of aliphatic hydroxyl groups excluding tert-OH is 1. The zero-order chi connectivity index (χ0) is 9.86. The number of hydrogen-bond acceptors (Lipinski definition) is 2. The molecule has 0 saturated carbocycles. The highest BCUT2D eigenvalue weighted by molar-refractivity contribution is 5.85. The average molecular weight is 228 g/mol. The minimum Gasteiger partial charge on any atom is -0.396 e. The highest BCUT2D eigenvalue weighted by Crippen LogP contribution is 2.33. The van der Waals surface area contributed by atoms with Crippen LogP contribution in [0.15, 0.2) is 30.3 Å². The molecule has 1 aromatic rings. The molecule has 1 unspecified atom stereocenters. The number of rotatable bonds is 3. The molecule has 3 heteroatoms. The zero-order valence-electron chi connectivity index (χ0n) is 8.78. The van der Waals surface area contributed by atoms with Crippen molar-refractivity contribution >= 4 is 12.4 Å². The third-order valence-electron chi connectivity index (χ3n) is 3.22. The molecule has 0 aromatic heterocycles. The van der Waals surface area contributed by atoms with Crippen molar-refractivity contribution in [2.75, 3.05) is 19.7 Å². The first-order valence-corrected chi connectivity index (χ1v) is 5.24. The molecular formula is C12H18ClNO. The summed E-state index contributed by atoms with van der Waals surface area (Å²) < 4.78 is 0. The van der Waals surface area contributed by atoms with E-state index < -0.39 is 0 Å². The maximum absolute atomic E-state index is 9.13. The van der Waals surface area contributed by atoms with Crippen LogP contribution in [0.3, 0.4) is 0 Å². The van der Waals surface area contributed by atoms with Gasteiger partial charge in [0, 0.05) is 18.6 Å². The third-order valence-corrected chi connectivity index (χ3v) is 3.22. The third kappa shape index (κ3) is 2.51. The SMILES string of the molecule is Cl.OCCC1(c2ccccc2)CCNC1. The van der Waals surface area contributed by atoms with Crippen LogP contribution in [0.1, 0.15) is 18.4 Å². The quantitative estimate of drug-likeness (QED) is 0.824. The highest BCUT2D eigenvalue weighted by atomic mass is 35.5. The lowest BCUT2D eigenvalue weighted by Crippen LogP contribution is -2.30. The van der Waals surface area contributed by atoms with Crippen molar-refractivity contribution in [1.82, 2.24) is 5.32 Å². The fourth-order valence-corrected chi connectivity index (χ4v) is 2.35. The zero-order valence-corrected chi connectivity index (χ0v) is 9.59. The van der Waals surface area contributed by atoms with E-state index in [1.807, 2.05) is 6.07 Å². The maximum Gasteiger partial charge on any atom is 0.0440 e. The van der Waals surface area contributed by atoms with Crippen LogP contribution in [0, 0.1) is 0 Å². The molecule has 2 nitrogen and oxygen atoms in total. The van der Waals surface area contributed by atoms with Gasteiger partial charge in [0.2, 0.25) is 0 Å². The number of hydrogen-bond donors (Lipinski definition) is 2. The molecule has 0 aliphatic carbocycles. The first-order chi connectivity index (χ1) is 6.87. The Bertz CT molecular complexity index is 283. The normalized spacial score (nSPS) is 24.9. The van der Waals surface area contributed by atoms with Crippen molar-refractivity contribution < 1.29 is 5.11 Å². The maximum atomic E-state index is 9.13. The first-order valence-electron chi connectivity index (χ1n) is 5.24. The molecule has 2 rings (SSSR count). The summed E-state index contributed by atoms with van der Waals surface area (Å²) in [5.41, 5.74) is 1.54. The smallest absolute Gasteiger partial charge is 0.0440 e. The summed E-state index contributed by atoms with van der Waals surface area (Å²) in [6.07, 6.45) is 2.00. The topological polar surface area (TPSA) is 32.3 Å². The van der Waals surface area contributed by atoms with Gasteiger partial charge >= 0.3 is 0 Å². The van der Waals surface area contributed by atoms with Crippen molar-refractivity contribution in [3.8, 4) is 0 Å². The number of benzene rings is 1. The lowest BCUT2D eigenvalue weighted by molar-refractivity contribution is 0.244. The van der Waals surface area contributed by atoms with E-state index in [4.69, 9.17) is 5.11 Å². The molecule has 1 aromatic carbocycles. The summed E-state index contributed by atoms with van der Waals surface area (Å²) in [6.45, 7) is 2.34. The van der Waals surface area contributed by atoms with Crippen LogP contribution in [-0.2, 0) is 5.41 Å². The van der Waals surface area contributed by atoms with Gasteiger partial charge in [0.25, 0.3) is 0 Å². The van der Waals surface area contributed by atoms with E-state index in [9.17, 15) is 0 Å². The van der Waals surface area contributed by atoms with Crippen LogP contribution < -0.4 is 5.32 Å². The van der Waals surface area contributed by atoms with Gasteiger partial charge in [-0.1, -0.05) is 30.3 Å². The van der Waals surface area contributed by atoms with E-state index in [0.717, 1.165) is 25.9 Å². The average Bonchev–Trinajstić information content (AvgIpc) is 2.70. The number of halogens is 1. The van der Waals surface area contributed by atoms with Crippen molar-refractivity contribution in [2.45, 2.75) is 18.3 Å². The van der Waals surface area contributed by atoms with Crippen LogP contribution >= 0.6 is 12.4 Å². The molecular weight excluding hydrogens is 210 g/mol. The van der Waals surface area contributed by atoms with Gasteiger partial charge in [-0.3, -0.25) is 0 Å². The minimum atomic E-state index is 0. The van der Waals surface area contributed by atoms with Crippen molar-refractivity contribution in [2.24, 2.45) is 0 Å². The molecule has 1 saturated heterocycles. The minimum absolute atomic E-state index is 0. The first kappa shape index (κ1) is 12.5. The predicted molar refractivity (Wildman–Crippen MR) is 64.6 cm³/mol. The molecule has 1 heterocycles. The molecule has 0 bridgehead atoms. The largest absolute Gasteiger partial charge is 0.396 e. The molecule has 0 amide bonds. The Morgan fingerprint density at radius 3 is 2.53 bits per heavy atom. The molecule has 15 heavy (non-hydrogen) atoms. The predicted octanol–water partition coefficient (Wildman–Crippen LogP) is 1.72. The second kappa shape index (κ2) is 5.50. The van der Waals surface area contributed by atoms with E-state index in [1.165, 1.54) is 5.56 Å². The molecule has 1 aliphatic heterocycles. The number of nitrogens with one attached hydrogen (secondary N) is 1. The summed E-state index contributed by atoms with van der Waals surface area (Å²) in [5.74, 6) is 0. The standard InChI is InChI=1S/C12H17NO.ClH/c14-9-7-12(6-8-13-10-12)11-4-2-1-3-5-11;/h1-5,13-14H,6-10H2;1H. The van der Waals surface area contributed by atoms with Crippen LogP contribution in [0.25, 0.3) is 0 Å². The molecule has 1 fully saturated rings. The summed E-state index contributed by atoms with van der Waals surface area (Å²) in [4.78, 5) is 0. The van der Waals surface area contributed by atoms with Gasteiger partial charge in [0.15, 0.2) is 0 Å². The summed E-state index contributed by atoms with van der Waals surface area (Å²) in [6, 6.07) is 10.5. The molecule has 0 radical (unpaired) electrons. The van der Waals surface area contributed by atoms with Crippen molar-refractivity contribution in [1.29, 1.82) is 0 Å². The highest BCUT2D eigenvalue weighted by Gasteiger charge is 2.34. The lowest BCUT2D eigenvalue weighted by atomic mass is 9.77. The molecule has 84 valence electrons. The van der Waals surface area contributed by atoms with E-state index in [-0.39, 0.29) is 24.4 Å². The molecule has 2 N–H and O–H groups in total. The van der Waals surface area contributed by atoms with Crippen LogP contribution in [0.2, 0.25) is 0 Å². The molecule has 1 atom stereocenters. The van der Waals surface area contributed by atoms with Gasteiger partial charge in [-0.2, -0.15) is 0 Å². The number of aliphatic hydroxyl groups is 1. The van der Waals surface area contributed by atoms with E-state index in [1.54, 1.807) is 0 Å². The van der Waals surface area contributed by atoms with Crippen molar-refractivity contribution in [3.63, 3.8) is 0 Å². The van der Waals surface area contributed by atoms with Crippen molar-refractivity contribution in [3.05, 3.63) is 35.9 Å². The van der Waals surface area contributed by atoms with Crippen LogP contribution in [0.4, 0.5) is 0 Å². The van der Waals surface area contributed by atoms with Gasteiger partial charge in [-0.05, 0) is 24.9 Å². The van der Waals surface area contributed by atoms with Crippen LogP contribution in [0.5, 0.6) is 0 Å².